The number of hydrogen-bond acceptors (Lipinski definition) is 6. The van der Waals surface area contributed by atoms with Gasteiger partial charge in [-0.3, -0.25) is 9.69 Å². The molecule has 1 aromatic carbocycles. The number of oxazole rings is 1. The number of nitrogens with one attached hydrogen (secondary N) is 1. The first-order valence-corrected chi connectivity index (χ1v) is 11.5. The highest BCUT2D eigenvalue weighted by atomic mass is 16.5. The minimum absolute atomic E-state index is 0.122. The van der Waals surface area contributed by atoms with Gasteiger partial charge in [-0.25, -0.2) is 0 Å². The summed E-state index contributed by atoms with van der Waals surface area (Å²) in [4.78, 5) is 22.3. The van der Waals surface area contributed by atoms with E-state index >= 15 is 0 Å². The number of amides is 1. The Labute approximate surface area is 177 Å². The number of aromatic nitrogens is 1. The van der Waals surface area contributed by atoms with Crippen LogP contribution < -0.4 is 10.2 Å². The molecule has 3 aliphatic heterocycles. The van der Waals surface area contributed by atoms with Crippen molar-refractivity contribution in [1.29, 1.82) is 0 Å². The Balaban J connectivity index is 1.14. The predicted molar refractivity (Wildman–Crippen MR) is 116 cm³/mol. The van der Waals surface area contributed by atoms with Crippen LogP contribution in [-0.4, -0.2) is 67.3 Å². The van der Waals surface area contributed by atoms with Crippen molar-refractivity contribution in [2.24, 2.45) is 5.92 Å². The van der Waals surface area contributed by atoms with Gasteiger partial charge in [0, 0.05) is 44.9 Å². The van der Waals surface area contributed by atoms with Crippen LogP contribution in [0.2, 0.25) is 0 Å². The summed E-state index contributed by atoms with van der Waals surface area (Å²) in [5.74, 6) is 0.368. The van der Waals surface area contributed by atoms with E-state index in [9.17, 15) is 4.79 Å². The Kier molecular flexibility index (Phi) is 5.91. The van der Waals surface area contributed by atoms with Crippen LogP contribution in [0.25, 0.3) is 11.1 Å². The Morgan fingerprint density at radius 3 is 2.63 bits per heavy atom. The van der Waals surface area contributed by atoms with Gasteiger partial charge in [-0.15, -0.1) is 0 Å². The molecule has 0 radical (unpaired) electrons. The van der Waals surface area contributed by atoms with Gasteiger partial charge in [0.05, 0.1) is 5.92 Å². The zero-order chi connectivity index (χ0) is 20.3. The number of piperidine rings is 2. The number of para-hydroxylation sites is 2. The summed E-state index contributed by atoms with van der Waals surface area (Å²) in [5.41, 5.74) is 1.77. The number of nitrogens with zero attached hydrogens (tertiary/aromatic N) is 3. The van der Waals surface area contributed by atoms with Gasteiger partial charge in [0.15, 0.2) is 5.58 Å². The maximum atomic E-state index is 12.8. The molecule has 0 aliphatic carbocycles. The van der Waals surface area contributed by atoms with Crippen LogP contribution in [-0.2, 0) is 9.53 Å². The summed E-state index contributed by atoms with van der Waals surface area (Å²) in [6, 6.07) is 9.51. The summed E-state index contributed by atoms with van der Waals surface area (Å²) < 4.78 is 11.4. The summed E-state index contributed by atoms with van der Waals surface area (Å²) in [7, 11) is 0. The highest BCUT2D eigenvalue weighted by molar-refractivity contribution is 5.79. The zero-order valence-electron chi connectivity index (χ0n) is 17.6. The maximum absolute atomic E-state index is 12.8. The minimum atomic E-state index is 0.122. The fourth-order valence-corrected chi connectivity index (χ4v) is 5.13. The molecule has 4 heterocycles. The second kappa shape index (κ2) is 8.94. The van der Waals surface area contributed by atoms with Crippen molar-refractivity contribution in [3.8, 4) is 0 Å². The van der Waals surface area contributed by atoms with Crippen molar-refractivity contribution in [2.45, 2.75) is 50.6 Å². The standard InChI is InChI=1S/C23H32N4O3/c28-22(24-18-9-14-29-15-10-18)17-4-3-11-27(16-17)19-7-12-26(13-8-19)23-25-20-5-1-2-6-21(20)30-23/h1-2,5-6,17-19H,3-4,7-16H2,(H,24,28)/t17-/m1/s1. The molecule has 1 amide bonds. The monoisotopic (exact) mass is 412 g/mol. The molecule has 1 aromatic heterocycles. The molecular formula is C23H32N4O3. The smallest absolute Gasteiger partial charge is 0.298 e. The molecule has 0 spiro atoms. The first-order chi connectivity index (χ1) is 14.8. The third-order valence-corrected chi connectivity index (χ3v) is 6.93. The van der Waals surface area contributed by atoms with Crippen molar-refractivity contribution in [3.05, 3.63) is 24.3 Å². The topological polar surface area (TPSA) is 70.8 Å². The molecule has 3 aliphatic rings. The van der Waals surface area contributed by atoms with Gasteiger partial charge in [-0.1, -0.05) is 12.1 Å². The van der Waals surface area contributed by atoms with E-state index in [1.165, 1.54) is 0 Å². The van der Waals surface area contributed by atoms with Gasteiger partial charge in [-0.2, -0.15) is 4.98 Å². The van der Waals surface area contributed by atoms with Crippen molar-refractivity contribution < 1.29 is 13.9 Å². The molecule has 2 aromatic rings. The number of anilines is 1. The highest BCUT2D eigenvalue weighted by Crippen LogP contribution is 2.28. The fraction of sp³-hybridized carbons (Fsp3) is 0.652. The van der Waals surface area contributed by atoms with E-state index in [1.54, 1.807) is 0 Å². The quantitative estimate of drug-likeness (QED) is 0.833. The summed E-state index contributed by atoms with van der Waals surface area (Å²) in [5, 5.41) is 3.28. The van der Waals surface area contributed by atoms with E-state index in [4.69, 9.17) is 9.15 Å². The zero-order valence-corrected chi connectivity index (χ0v) is 17.6. The van der Waals surface area contributed by atoms with E-state index in [0.717, 1.165) is 95.0 Å². The molecule has 0 unspecified atom stereocenters. The molecule has 0 saturated carbocycles. The Hall–Kier alpha value is -2.12. The molecule has 1 atom stereocenters. The number of fused-ring (bicyclic) bond motifs is 1. The first-order valence-electron chi connectivity index (χ1n) is 11.5. The van der Waals surface area contributed by atoms with E-state index in [1.807, 2.05) is 24.3 Å². The molecule has 162 valence electrons. The second-order valence-corrected chi connectivity index (χ2v) is 8.91. The lowest BCUT2D eigenvalue weighted by Gasteiger charge is -2.42. The number of carbonyl (C=O) groups is 1. The maximum Gasteiger partial charge on any atom is 0.298 e. The van der Waals surface area contributed by atoms with Crippen molar-refractivity contribution in [1.82, 2.24) is 15.2 Å². The van der Waals surface area contributed by atoms with Crippen LogP contribution >= 0.6 is 0 Å². The first kappa shape index (κ1) is 19.8. The molecule has 7 nitrogen and oxygen atoms in total. The predicted octanol–water partition coefficient (Wildman–Crippen LogP) is 2.80. The Morgan fingerprint density at radius 1 is 1.03 bits per heavy atom. The molecular weight excluding hydrogens is 380 g/mol. The SMILES string of the molecule is O=C(NC1CCOCC1)[C@@H]1CCCN(C2CCN(c3nc4ccccc4o3)CC2)C1. The third kappa shape index (κ3) is 4.32. The number of likely N-dealkylation sites (tertiary alicyclic amines) is 1. The number of ether oxygens (including phenoxy) is 1. The van der Waals surface area contributed by atoms with Crippen molar-refractivity contribution >= 4 is 23.0 Å². The van der Waals surface area contributed by atoms with Gasteiger partial charge < -0.3 is 19.4 Å². The molecule has 3 fully saturated rings. The van der Waals surface area contributed by atoms with E-state index in [2.05, 4.69) is 20.1 Å². The number of rotatable bonds is 4. The lowest BCUT2D eigenvalue weighted by molar-refractivity contribution is -0.128. The molecule has 0 bridgehead atoms. The van der Waals surface area contributed by atoms with Gasteiger partial charge in [0.2, 0.25) is 5.91 Å². The average Bonchev–Trinajstić information content (AvgIpc) is 3.24. The lowest BCUT2D eigenvalue weighted by atomic mass is 9.93. The van der Waals surface area contributed by atoms with Crippen LogP contribution in [0, 0.1) is 5.92 Å². The van der Waals surface area contributed by atoms with Crippen LogP contribution in [0.4, 0.5) is 6.01 Å². The number of hydrogen-bond donors (Lipinski definition) is 1. The average molecular weight is 413 g/mol. The van der Waals surface area contributed by atoms with Crippen molar-refractivity contribution in [3.63, 3.8) is 0 Å². The van der Waals surface area contributed by atoms with Gasteiger partial charge in [0.1, 0.15) is 5.52 Å². The number of carbonyl (C=O) groups excluding carboxylic acids is 1. The van der Waals surface area contributed by atoms with E-state index in [-0.39, 0.29) is 11.8 Å². The molecule has 3 saturated heterocycles. The van der Waals surface area contributed by atoms with Crippen LogP contribution in [0.3, 0.4) is 0 Å². The molecule has 5 rings (SSSR count). The molecule has 30 heavy (non-hydrogen) atoms. The summed E-state index contributed by atoms with van der Waals surface area (Å²) >= 11 is 0. The van der Waals surface area contributed by atoms with Gasteiger partial charge in [0.25, 0.3) is 6.01 Å². The second-order valence-electron chi connectivity index (χ2n) is 8.91. The van der Waals surface area contributed by atoms with E-state index < -0.39 is 0 Å². The van der Waals surface area contributed by atoms with Crippen LogP contribution in [0.1, 0.15) is 38.5 Å². The highest BCUT2D eigenvalue weighted by Gasteiger charge is 2.33. The fourth-order valence-electron chi connectivity index (χ4n) is 5.13. The Morgan fingerprint density at radius 2 is 1.83 bits per heavy atom. The number of benzene rings is 1. The summed E-state index contributed by atoms with van der Waals surface area (Å²) in [6.07, 6.45) is 6.18. The van der Waals surface area contributed by atoms with Gasteiger partial charge in [-0.05, 0) is 57.2 Å². The van der Waals surface area contributed by atoms with Crippen LogP contribution in [0.5, 0.6) is 0 Å². The normalized spacial score (nSPS) is 24.9. The van der Waals surface area contributed by atoms with Gasteiger partial charge >= 0.3 is 0 Å². The van der Waals surface area contributed by atoms with Crippen LogP contribution in [0.15, 0.2) is 28.7 Å². The molecule has 1 N–H and O–H groups in total. The summed E-state index contributed by atoms with van der Waals surface area (Å²) in [6.45, 7) is 5.43. The largest absolute Gasteiger partial charge is 0.423 e. The molecule has 7 heteroatoms. The van der Waals surface area contributed by atoms with Crippen molar-refractivity contribution in [2.75, 3.05) is 44.3 Å². The third-order valence-electron chi connectivity index (χ3n) is 6.93. The van der Waals surface area contributed by atoms with E-state index in [0.29, 0.717) is 12.1 Å². The minimum Gasteiger partial charge on any atom is -0.423 e. The lowest BCUT2D eigenvalue weighted by Crippen LogP contribution is -2.52. The Bertz CT molecular complexity index is 822.